The Hall–Kier alpha value is -4.55. The Kier molecular flexibility index (Phi) is 8.90. The Balaban J connectivity index is 1.29. The average Bonchev–Trinajstić information content (AvgIpc) is 3.82. The van der Waals surface area contributed by atoms with Crippen molar-refractivity contribution in [2.45, 2.75) is 82.5 Å². The molecule has 1 saturated carbocycles. The third-order valence-corrected chi connectivity index (χ3v) is 8.95. The number of hydrogen-bond acceptors (Lipinski definition) is 11. The molecule has 3 atom stereocenters. The van der Waals surface area contributed by atoms with Crippen LogP contribution < -0.4 is 10.6 Å². The number of nitrogens with one attached hydrogen (secondary N) is 2. The van der Waals surface area contributed by atoms with Crippen LogP contribution in [-0.4, -0.2) is 78.7 Å². The summed E-state index contributed by atoms with van der Waals surface area (Å²) in [5.41, 5.74) is -0.422. The van der Waals surface area contributed by atoms with Gasteiger partial charge < -0.3 is 19.9 Å². The Morgan fingerprint density at radius 1 is 1.19 bits per heavy atom. The van der Waals surface area contributed by atoms with Gasteiger partial charge in [0.15, 0.2) is 17.2 Å². The van der Waals surface area contributed by atoms with Crippen LogP contribution in [-0.2, 0) is 28.8 Å². The van der Waals surface area contributed by atoms with Gasteiger partial charge in [-0.25, -0.2) is 22.9 Å². The molecular weight excluding hydrogens is 649 g/mol. The van der Waals surface area contributed by atoms with E-state index in [-0.39, 0.29) is 61.5 Å². The summed E-state index contributed by atoms with van der Waals surface area (Å²) < 4.78 is 85.8. The van der Waals surface area contributed by atoms with Crippen molar-refractivity contribution in [3.05, 3.63) is 52.8 Å². The number of aryl methyl sites for hydroxylation is 1. The highest BCUT2D eigenvalue weighted by atomic mass is 19.4. The molecule has 2 aliphatic rings. The highest BCUT2D eigenvalue weighted by molar-refractivity contribution is 5.93. The molecule has 2 amide bonds. The Morgan fingerprint density at radius 2 is 1.96 bits per heavy atom. The van der Waals surface area contributed by atoms with Gasteiger partial charge in [0.25, 0.3) is 5.91 Å². The molecule has 0 unspecified atom stereocenters. The Bertz CT molecular complexity index is 1780. The van der Waals surface area contributed by atoms with Gasteiger partial charge in [0.2, 0.25) is 17.7 Å². The van der Waals surface area contributed by atoms with E-state index in [1.807, 2.05) is 0 Å². The fourth-order valence-electron chi connectivity index (χ4n) is 6.40. The van der Waals surface area contributed by atoms with Crippen molar-refractivity contribution >= 4 is 17.5 Å². The van der Waals surface area contributed by atoms with E-state index in [0.29, 0.717) is 30.1 Å². The van der Waals surface area contributed by atoms with Gasteiger partial charge in [-0.15, -0.1) is 0 Å². The van der Waals surface area contributed by atoms with Crippen molar-refractivity contribution in [1.82, 2.24) is 45.7 Å². The zero-order valence-electron chi connectivity index (χ0n) is 25.9. The van der Waals surface area contributed by atoms with Gasteiger partial charge in [-0.3, -0.25) is 9.59 Å². The molecule has 0 spiro atoms. The summed E-state index contributed by atoms with van der Waals surface area (Å²) in [5.74, 6) is -4.36. The minimum absolute atomic E-state index is 0.00500. The predicted octanol–water partition coefficient (Wildman–Crippen LogP) is 3.51. The lowest BCUT2D eigenvalue weighted by Crippen LogP contribution is -2.39. The smallest absolute Gasteiger partial charge is 0.384 e. The van der Waals surface area contributed by atoms with E-state index >= 15 is 0 Å². The number of rotatable bonds is 11. The van der Waals surface area contributed by atoms with E-state index in [2.05, 4.69) is 45.8 Å². The van der Waals surface area contributed by atoms with Gasteiger partial charge >= 0.3 is 6.18 Å². The molecule has 4 aromatic rings. The molecule has 1 aliphatic carbocycles. The van der Waals surface area contributed by atoms with Crippen molar-refractivity contribution in [2.24, 2.45) is 11.3 Å². The first-order valence-electron chi connectivity index (χ1n) is 15.3. The van der Waals surface area contributed by atoms with Gasteiger partial charge in [-0.2, -0.15) is 23.3 Å². The number of ether oxygens (including phenoxy) is 1. The molecule has 0 radical (unpaired) electrons. The van der Waals surface area contributed by atoms with Crippen molar-refractivity contribution in [3.63, 3.8) is 0 Å². The second-order valence-electron chi connectivity index (χ2n) is 12.4. The summed E-state index contributed by atoms with van der Waals surface area (Å²) in [7, 11) is 1.49. The Labute approximate surface area is 269 Å². The molecule has 5 heterocycles. The summed E-state index contributed by atoms with van der Waals surface area (Å²) in [6.07, 6.45) is -2.91. The van der Waals surface area contributed by atoms with E-state index in [0.717, 1.165) is 0 Å². The molecule has 0 aromatic carbocycles. The number of imidazole rings is 1. The minimum Gasteiger partial charge on any atom is -0.384 e. The molecule has 14 nitrogen and oxygen atoms in total. The number of carbonyl (C=O) groups excluding carboxylic acids is 2. The lowest BCUT2D eigenvalue weighted by atomic mass is 9.76. The first-order valence-corrected chi connectivity index (χ1v) is 15.3. The Morgan fingerprint density at radius 3 is 2.62 bits per heavy atom. The van der Waals surface area contributed by atoms with Gasteiger partial charge in [0, 0.05) is 32.8 Å². The third kappa shape index (κ3) is 7.00. The van der Waals surface area contributed by atoms with Crippen LogP contribution in [0.25, 0.3) is 5.65 Å². The summed E-state index contributed by atoms with van der Waals surface area (Å²) in [6, 6.07) is -1.31. The summed E-state index contributed by atoms with van der Waals surface area (Å²) in [5, 5.41) is 20.4. The molecule has 2 fully saturated rings. The first kappa shape index (κ1) is 33.4. The number of alkyl halides is 5. The number of amides is 2. The maximum Gasteiger partial charge on any atom is 0.408 e. The first-order chi connectivity index (χ1) is 22.7. The maximum atomic E-state index is 14.0. The molecule has 48 heavy (non-hydrogen) atoms. The van der Waals surface area contributed by atoms with Crippen molar-refractivity contribution in [1.29, 1.82) is 0 Å². The van der Waals surface area contributed by atoms with Crippen LogP contribution in [0.3, 0.4) is 0 Å². The standard InChI is InChI=1S/C29H32F5N9O5/c1-15-23(42-48-40-15)25(44)39-24(17-3-6-28(30,31)7-4-17)18-14-43-21(36-18)9-16(13-35-43)10-27(11-19(29(32,33)34)37-26(27)45)12-22-38-20(41-47-22)5-8-46-2/h9,13-14,17,19,24H,3-8,10-12H2,1-2H3,(H,37,45)(H,39,44)/t19-,24-,27-/m0/s1. The minimum atomic E-state index is -4.68. The van der Waals surface area contributed by atoms with Crippen molar-refractivity contribution in [3.8, 4) is 0 Å². The number of methoxy groups -OCH3 is 1. The molecule has 1 saturated heterocycles. The largest absolute Gasteiger partial charge is 0.408 e. The van der Waals surface area contributed by atoms with E-state index in [4.69, 9.17) is 9.26 Å². The quantitative estimate of drug-likeness (QED) is 0.222. The molecule has 6 rings (SSSR count). The van der Waals surface area contributed by atoms with Crippen LogP contribution in [0.15, 0.2) is 27.6 Å². The fourth-order valence-corrected chi connectivity index (χ4v) is 6.40. The SMILES string of the molecule is COCCc1noc(C[C@]2(Cc3cnn4cc([C@@H](NC(=O)c5nonc5C)C5CCC(F)(F)CC5)nc4c3)C[C@@H](C(F)(F)F)NC2=O)n1. The predicted molar refractivity (Wildman–Crippen MR) is 151 cm³/mol. The monoisotopic (exact) mass is 681 g/mol. The van der Waals surface area contributed by atoms with E-state index in [1.54, 1.807) is 12.3 Å². The van der Waals surface area contributed by atoms with E-state index in [1.165, 1.54) is 24.7 Å². The van der Waals surface area contributed by atoms with Gasteiger partial charge in [0.05, 0.1) is 36.2 Å². The lowest BCUT2D eigenvalue weighted by Gasteiger charge is -2.33. The molecule has 1 aliphatic heterocycles. The number of hydrogen-bond donors (Lipinski definition) is 2. The third-order valence-electron chi connectivity index (χ3n) is 8.95. The summed E-state index contributed by atoms with van der Waals surface area (Å²) in [4.78, 5) is 35.2. The number of halogens is 5. The summed E-state index contributed by atoms with van der Waals surface area (Å²) >= 11 is 0. The number of nitrogens with zero attached hydrogens (tertiary/aromatic N) is 7. The van der Waals surface area contributed by atoms with E-state index in [9.17, 15) is 31.5 Å². The van der Waals surface area contributed by atoms with Crippen molar-refractivity contribution < 1.29 is 45.4 Å². The number of fused-ring (bicyclic) bond motifs is 1. The average molecular weight is 682 g/mol. The van der Waals surface area contributed by atoms with E-state index < -0.39 is 53.8 Å². The van der Waals surface area contributed by atoms with Crippen LogP contribution in [0.5, 0.6) is 0 Å². The molecule has 19 heteroatoms. The van der Waals surface area contributed by atoms with Crippen LogP contribution in [0.2, 0.25) is 0 Å². The number of carbonyl (C=O) groups is 2. The van der Waals surface area contributed by atoms with Crippen LogP contribution in [0.4, 0.5) is 22.0 Å². The fraction of sp³-hybridized carbons (Fsp3) is 0.586. The van der Waals surface area contributed by atoms with Gasteiger partial charge in [-0.1, -0.05) is 10.3 Å². The zero-order chi connectivity index (χ0) is 34.3. The van der Waals surface area contributed by atoms with Crippen molar-refractivity contribution in [2.75, 3.05) is 13.7 Å². The molecule has 0 bridgehead atoms. The van der Waals surface area contributed by atoms with Gasteiger partial charge in [0.1, 0.15) is 11.7 Å². The molecule has 2 N–H and O–H groups in total. The highest BCUT2D eigenvalue weighted by Crippen LogP contribution is 2.43. The normalized spacial score (nSPS) is 22.2. The zero-order valence-corrected chi connectivity index (χ0v) is 25.9. The second kappa shape index (κ2) is 12.8. The summed E-state index contributed by atoms with van der Waals surface area (Å²) in [6.45, 7) is 1.83. The van der Waals surface area contributed by atoms with Crippen LogP contribution in [0, 0.1) is 18.3 Å². The van der Waals surface area contributed by atoms with Gasteiger partial charge in [-0.05, 0) is 55.3 Å². The van der Waals surface area contributed by atoms with Crippen LogP contribution in [0.1, 0.15) is 77.3 Å². The van der Waals surface area contributed by atoms with Crippen LogP contribution >= 0.6 is 0 Å². The lowest BCUT2D eigenvalue weighted by molar-refractivity contribution is -0.155. The molecule has 4 aromatic heterocycles. The molecular formula is C29H32F5N9O5. The topological polar surface area (TPSA) is 175 Å². The second-order valence-corrected chi connectivity index (χ2v) is 12.4. The molecule has 258 valence electrons. The maximum absolute atomic E-state index is 14.0. The number of aromatic nitrogens is 7. The highest BCUT2D eigenvalue weighted by Gasteiger charge is 2.56.